The first-order chi connectivity index (χ1) is 11.1. The Morgan fingerprint density at radius 3 is 2.83 bits per heavy atom. The number of hydroxylamine groups is 3. The van der Waals surface area contributed by atoms with E-state index in [4.69, 9.17) is 9.84 Å². The van der Waals surface area contributed by atoms with E-state index < -0.39 is 6.61 Å². The number of likely N-dealkylation sites (tertiary alicyclic amines) is 1. The molecule has 128 valence electrons. The number of nitrogens with one attached hydrogen (secondary N) is 1. The molecule has 1 saturated heterocycles. The van der Waals surface area contributed by atoms with Crippen molar-refractivity contribution in [3.63, 3.8) is 0 Å². The maximum absolute atomic E-state index is 12.6. The van der Waals surface area contributed by atoms with Gasteiger partial charge in [0, 0.05) is 12.1 Å². The minimum absolute atomic E-state index is 0.128. The molecule has 1 heterocycles. The molecule has 1 aliphatic rings. The van der Waals surface area contributed by atoms with Crippen molar-refractivity contribution < 1.29 is 19.3 Å². The topological polar surface area (TPSA) is 81.6 Å². The van der Waals surface area contributed by atoms with Crippen molar-refractivity contribution in [2.75, 3.05) is 32.8 Å². The molecular formula is C17H26N2O4. The van der Waals surface area contributed by atoms with E-state index in [1.54, 1.807) is 0 Å². The van der Waals surface area contributed by atoms with Crippen molar-refractivity contribution in [3.8, 4) is 5.75 Å². The fourth-order valence-corrected chi connectivity index (χ4v) is 2.86. The van der Waals surface area contributed by atoms with E-state index in [1.165, 1.54) is 0 Å². The van der Waals surface area contributed by atoms with Crippen LogP contribution in [0, 0.1) is 5.21 Å². The van der Waals surface area contributed by atoms with Gasteiger partial charge in [-0.2, -0.15) is 0 Å². The van der Waals surface area contributed by atoms with Gasteiger partial charge in [0.2, 0.25) is 5.91 Å². The average molecular weight is 322 g/mol. The molecule has 0 unspecified atom stereocenters. The van der Waals surface area contributed by atoms with E-state index in [-0.39, 0.29) is 10.6 Å². The molecule has 0 atom stereocenters. The van der Waals surface area contributed by atoms with Crippen molar-refractivity contribution in [1.29, 1.82) is 0 Å². The molecule has 0 aliphatic carbocycles. The molecule has 0 bridgehead atoms. The molecule has 1 amide bonds. The number of amides is 1. The summed E-state index contributed by atoms with van der Waals surface area (Å²) in [5.41, 5.74) is 1.01. The van der Waals surface area contributed by atoms with E-state index in [2.05, 4.69) is 5.32 Å². The number of benzene rings is 1. The van der Waals surface area contributed by atoms with E-state index in [9.17, 15) is 10.0 Å². The molecule has 1 aromatic carbocycles. The second-order valence-corrected chi connectivity index (χ2v) is 6.08. The second-order valence-electron chi connectivity index (χ2n) is 6.08. The zero-order valence-electron chi connectivity index (χ0n) is 13.5. The van der Waals surface area contributed by atoms with Gasteiger partial charge in [-0.1, -0.05) is 12.1 Å². The predicted molar refractivity (Wildman–Crippen MR) is 87.6 cm³/mol. The van der Waals surface area contributed by atoms with Gasteiger partial charge < -0.3 is 25.0 Å². The minimum Gasteiger partial charge on any atom is -0.633 e. The van der Waals surface area contributed by atoms with Crippen LogP contribution in [0.25, 0.3) is 0 Å². The number of carbonyl (C=O) groups excluding carboxylic acids is 1. The summed E-state index contributed by atoms with van der Waals surface area (Å²) in [6, 6.07) is 7.69. The molecule has 0 radical (unpaired) electrons. The molecule has 1 fully saturated rings. The third-order valence-corrected chi connectivity index (χ3v) is 4.06. The number of piperidine rings is 1. The summed E-state index contributed by atoms with van der Waals surface area (Å²) in [5.74, 6) is 0.373. The minimum atomic E-state index is -0.488. The van der Waals surface area contributed by atoms with E-state index in [1.807, 2.05) is 24.3 Å². The lowest BCUT2D eigenvalue weighted by Crippen LogP contribution is -2.45. The van der Waals surface area contributed by atoms with Crippen molar-refractivity contribution in [2.45, 2.75) is 32.2 Å². The fourth-order valence-electron chi connectivity index (χ4n) is 2.86. The third-order valence-electron chi connectivity index (χ3n) is 4.06. The van der Waals surface area contributed by atoms with Crippen LogP contribution in [0.3, 0.4) is 0 Å². The standard InChI is InChI=1S/C17H26N2O4/c20-14-17(21)18-8-5-11-23-16-7-4-6-15(12-16)13-19(22)9-2-1-3-10-19/h4,6-7,12,20H,1-3,5,8-11,13-14H2,(H,18,21). The Labute approximate surface area is 137 Å². The lowest BCUT2D eigenvalue weighted by molar-refractivity contribution is -0.898. The summed E-state index contributed by atoms with van der Waals surface area (Å²) in [5, 5.41) is 23.8. The summed E-state index contributed by atoms with van der Waals surface area (Å²) in [6.45, 7) is 2.37. The maximum atomic E-state index is 12.6. The van der Waals surface area contributed by atoms with Crippen LogP contribution < -0.4 is 10.1 Å². The van der Waals surface area contributed by atoms with Crippen molar-refractivity contribution >= 4 is 5.91 Å². The van der Waals surface area contributed by atoms with Gasteiger partial charge in [-0.05, 0) is 37.8 Å². The maximum Gasteiger partial charge on any atom is 0.245 e. The number of aliphatic hydroxyl groups excluding tert-OH is 1. The van der Waals surface area contributed by atoms with Crippen LogP contribution in [0.2, 0.25) is 0 Å². The van der Waals surface area contributed by atoms with Crippen LogP contribution in [0.4, 0.5) is 0 Å². The van der Waals surface area contributed by atoms with Crippen LogP contribution in [-0.2, 0) is 11.3 Å². The molecule has 1 aliphatic heterocycles. The molecule has 23 heavy (non-hydrogen) atoms. The van der Waals surface area contributed by atoms with Gasteiger partial charge in [-0.15, -0.1) is 0 Å². The molecule has 2 rings (SSSR count). The number of nitrogens with zero attached hydrogens (tertiary/aromatic N) is 1. The lowest BCUT2D eigenvalue weighted by Gasteiger charge is -2.45. The quantitative estimate of drug-likeness (QED) is 0.432. The summed E-state index contributed by atoms with van der Waals surface area (Å²) in [6.07, 6.45) is 3.86. The van der Waals surface area contributed by atoms with E-state index in [0.717, 1.165) is 30.6 Å². The third kappa shape index (κ3) is 6.17. The fraction of sp³-hybridized carbons (Fsp3) is 0.588. The number of rotatable bonds is 8. The monoisotopic (exact) mass is 322 g/mol. The Morgan fingerprint density at radius 2 is 2.09 bits per heavy atom. The predicted octanol–water partition coefficient (Wildman–Crippen LogP) is 1.56. The number of aliphatic hydroxyl groups is 1. The molecule has 0 spiro atoms. The number of ether oxygens (including phenoxy) is 1. The van der Waals surface area contributed by atoms with Crippen LogP contribution in [0.1, 0.15) is 31.2 Å². The lowest BCUT2D eigenvalue weighted by atomic mass is 10.1. The van der Waals surface area contributed by atoms with Crippen LogP contribution in [0.15, 0.2) is 24.3 Å². The SMILES string of the molecule is O=C(CO)NCCCOc1cccc(C[N+]2([O-])CCCCC2)c1. The van der Waals surface area contributed by atoms with Crippen LogP contribution in [0.5, 0.6) is 5.75 Å². The highest BCUT2D eigenvalue weighted by Crippen LogP contribution is 2.23. The summed E-state index contributed by atoms with van der Waals surface area (Å²) >= 11 is 0. The van der Waals surface area contributed by atoms with Gasteiger partial charge in [-0.3, -0.25) is 4.79 Å². The summed E-state index contributed by atoms with van der Waals surface area (Å²) < 4.78 is 5.53. The Bertz CT molecular complexity index is 501. The molecule has 0 saturated carbocycles. The molecule has 2 N–H and O–H groups in total. The van der Waals surface area contributed by atoms with Gasteiger partial charge in [-0.25, -0.2) is 0 Å². The zero-order valence-corrected chi connectivity index (χ0v) is 13.5. The number of hydrogen-bond acceptors (Lipinski definition) is 4. The second kappa shape index (κ2) is 8.86. The van der Waals surface area contributed by atoms with Gasteiger partial charge >= 0.3 is 0 Å². The highest BCUT2D eigenvalue weighted by molar-refractivity contribution is 5.76. The largest absolute Gasteiger partial charge is 0.633 e. The van der Waals surface area contributed by atoms with Gasteiger partial charge in [0.15, 0.2) is 0 Å². The smallest absolute Gasteiger partial charge is 0.245 e. The average Bonchev–Trinajstić information content (AvgIpc) is 2.55. The molecular weight excluding hydrogens is 296 g/mol. The number of quaternary nitrogens is 1. The van der Waals surface area contributed by atoms with Gasteiger partial charge in [0.05, 0.1) is 19.7 Å². The van der Waals surface area contributed by atoms with Crippen LogP contribution >= 0.6 is 0 Å². The van der Waals surface area contributed by atoms with Crippen LogP contribution in [-0.4, -0.2) is 48.5 Å². The Morgan fingerprint density at radius 1 is 1.30 bits per heavy atom. The Hall–Kier alpha value is -1.63. The zero-order chi connectivity index (χ0) is 16.5. The number of carbonyl (C=O) groups is 1. The van der Waals surface area contributed by atoms with Crippen molar-refractivity contribution in [3.05, 3.63) is 35.0 Å². The first kappa shape index (κ1) is 17.7. The van der Waals surface area contributed by atoms with Crippen molar-refractivity contribution in [2.24, 2.45) is 0 Å². The summed E-state index contributed by atoms with van der Waals surface area (Å²) in [7, 11) is 0. The highest BCUT2D eigenvalue weighted by atomic mass is 16.5. The molecule has 6 nitrogen and oxygen atoms in total. The van der Waals surface area contributed by atoms with Crippen molar-refractivity contribution in [1.82, 2.24) is 5.32 Å². The first-order valence-corrected chi connectivity index (χ1v) is 8.28. The first-order valence-electron chi connectivity index (χ1n) is 8.28. The molecule has 0 aromatic heterocycles. The Balaban J connectivity index is 1.77. The van der Waals surface area contributed by atoms with E-state index >= 15 is 0 Å². The van der Waals surface area contributed by atoms with E-state index in [0.29, 0.717) is 39.2 Å². The van der Waals surface area contributed by atoms with Gasteiger partial charge in [0.25, 0.3) is 0 Å². The normalized spacial score (nSPS) is 16.8. The highest BCUT2D eigenvalue weighted by Gasteiger charge is 2.21. The molecule has 6 heteroatoms. The molecule has 1 aromatic rings. The van der Waals surface area contributed by atoms with Gasteiger partial charge in [0.1, 0.15) is 18.9 Å². The number of hydrogen-bond donors (Lipinski definition) is 2. The Kier molecular flexibility index (Phi) is 6.83. The summed E-state index contributed by atoms with van der Waals surface area (Å²) in [4.78, 5) is 10.9.